The van der Waals surface area contributed by atoms with Crippen LogP contribution in [-0.4, -0.2) is 18.2 Å². The van der Waals surface area contributed by atoms with E-state index in [-0.39, 0.29) is 0 Å². The summed E-state index contributed by atoms with van der Waals surface area (Å²) in [7, 11) is 0. The Bertz CT molecular complexity index is 585. The molecule has 0 aromatic heterocycles. The number of rotatable bonds is 4. The van der Waals surface area contributed by atoms with Crippen molar-refractivity contribution in [3.63, 3.8) is 0 Å². The average molecular weight is 330 g/mol. The van der Waals surface area contributed by atoms with Gasteiger partial charge < -0.3 is 10.1 Å². The Morgan fingerprint density at radius 2 is 1.83 bits per heavy atom. The molecule has 2 atom stereocenters. The highest BCUT2D eigenvalue weighted by Gasteiger charge is 2.18. The lowest BCUT2D eigenvalue weighted by atomic mass is 9.84. The van der Waals surface area contributed by atoms with Gasteiger partial charge in [-0.1, -0.05) is 18.6 Å². The van der Waals surface area contributed by atoms with Crippen molar-refractivity contribution in [2.24, 2.45) is 11.8 Å². The zero-order valence-corrected chi connectivity index (χ0v) is 15.5. The molecule has 1 aromatic carbocycles. The van der Waals surface area contributed by atoms with Gasteiger partial charge in [0.1, 0.15) is 5.60 Å². The number of carbonyl (C=O) groups is 1. The largest absolute Gasteiger partial charge is 0.444 e. The van der Waals surface area contributed by atoms with Gasteiger partial charge in [0.2, 0.25) is 0 Å². The number of hydrogen-bond donors (Lipinski definition) is 2. The second-order valence-electron chi connectivity index (χ2n) is 7.88. The fraction of sp³-hybridized carbons (Fsp3) is 0.550. The average Bonchev–Trinajstić information content (AvgIpc) is 2.43. The first-order chi connectivity index (χ1) is 11.2. The molecule has 2 N–H and O–H groups in total. The number of nitrogens with one attached hydrogen (secondary N) is 2. The van der Waals surface area contributed by atoms with Gasteiger partial charge in [0.25, 0.3) is 0 Å². The van der Waals surface area contributed by atoms with Gasteiger partial charge in [-0.3, -0.25) is 5.32 Å². The van der Waals surface area contributed by atoms with E-state index in [9.17, 15) is 4.79 Å². The minimum atomic E-state index is -0.491. The van der Waals surface area contributed by atoms with Gasteiger partial charge in [-0.15, -0.1) is 0 Å². The molecule has 0 saturated heterocycles. The highest BCUT2D eigenvalue weighted by atomic mass is 16.6. The Hall–Kier alpha value is -1.97. The van der Waals surface area contributed by atoms with E-state index in [4.69, 9.17) is 4.74 Å². The molecule has 4 heteroatoms. The first-order valence-corrected chi connectivity index (χ1v) is 8.72. The van der Waals surface area contributed by atoms with E-state index in [1.165, 1.54) is 18.4 Å². The Kier molecular flexibility index (Phi) is 5.92. The van der Waals surface area contributed by atoms with Crippen LogP contribution in [0.2, 0.25) is 0 Å². The zero-order chi connectivity index (χ0) is 17.7. The van der Waals surface area contributed by atoms with E-state index in [2.05, 4.69) is 30.6 Å². The van der Waals surface area contributed by atoms with E-state index < -0.39 is 11.7 Å². The predicted molar refractivity (Wildman–Crippen MR) is 100 cm³/mol. The van der Waals surface area contributed by atoms with E-state index in [0.29, 0.717) is 11.8 Å². The van der Waals surface area contributed by atoms with E-state index in [0.717, 1.165) is 17.9 Å². The van der Waals surface area contributed by atoms with Crippen molar-refractivity contribution < 1.29 is 9.53 Å². The minimum absolute atomic E-state index is 0.429. The monoisotopic (exact) mass is 330 g/mol. The fourth-order valence-corrected chi connectivity index (χ4v) is 3.20. The number of anilines is 2. The summed E-state index contributed by atoms with van der Waals surface area (Å²) in [4.78, 5) is 11.8. The summed E-state index contributed by atoms with van der Waals surface area (Å²) >= 11 is 0. The van der Waals surface area contributed by atoms with E-state index in [1.54, 1.807) is 0 Å². The molecule has 1 aliphatic rings. The van der Waals surface area contributed by atoms with Gasteiger partial charge in [0, 0.05) is 17.9 Å². The first kappa shape index (κ1) is 18.4. The van der Waals surface area contributed by atoms with Crippen molar-refractivity contribution >= 4 is 17.5 Å². The first-order valence-electron chi connectivity index (χ1n) is 8.72. The molecule has 0 heterocycles. The van der Waals surface area contributed by atoms with Gasteiger partial charge in [-0.05, 0) is 76.6 Å². The minimum Gasteiger partial charge on any atom is -0.444 e. The summed E-state index contributed by atoms with van der Waals surface area (Å²) in [6.45, 7) is 11.0. The number of ether oxygens (including phenoxy) is 1. The van der Waals surface area contributed by atoms with Crippen molar-refractivity contribution in [3.8, 4) is 0 Å². The molecule has 4 nitrogen and oxygen atoms in total. The molecule has 24 heavy (non-hydrogen) atoms. The Balaban J connectivity index is 1.82. The molecule has 0 spiro atoms. The van der Waals surface area contributed by atoms with Crippen LogP contribution in [0.1, 0.15) is 47.5 Å². The molecular weight excluding hydrogens is 300 g/mol. The molecule has 0 radical (unpaired) electrons. The Morgan fingerprint density at radius 1 is 1.21 bits per heavy atom. The SMILES string of the molecule is CC1=CC(C)CC(CNc2ccc(NC(=O)OC(C)(C)C)cc2)C1. The molecule has 132 valence electrons. The van der Waals surface area contributed by atoms with E-state index >= 15 is 0 Å². The molecule has 0 bridgehead atoms. The van der Waals surface area contributed by atoms with Crippen LogP contribution in [0.25, 0.3) is 0 Å². The summed E-state index contributed by atoms with van der Waals surface area (Å²) in [5.74, 6) is 1.36. The second-order valence-corrected chi connectivity index (χ2v) is 7.88. The third-order valence-corrected chi connectivity index (χ3v) is 4.01. The summed E-state index contributed by atoms with van der Waals surface area (Å²) in [5.41, 5.74) is 2.82. The molecule has 0 saturated carbocycles. The van der Waals surface area contributed by atoms with Gasteiger partial charge in [0.05, 0.1) is 0 Å². The van der Waals surface area contributed by atoms with Crippen molar-refractivity contribution in [1.29, 1.82) is 0 Å². The van der Waals surface area contributed by atoms with Crippen molar-refractivity contribution in [2.75, 3.05) is 17.2 Å². The van der Waals surface area contributed by atoms with Crippen molar-refractivity contribution in [1.82, 2.24) is 0 Å². The summed E-state index contributed by atoms with van der Waals surface area (Å²) in [6.07, 6.45) is 4.37. The van der Waals surface area contributed by atoms with Crippen LogP contribution in [0.15, 0.2) is 35.9 Å². The molecule has 1 aliphatic carbocycles. The lowest BCUT2D eigenvalue weighted by molar-refractivity contribution is 0.0636. The lowest BCUT2D eigenvalue weighted by Gasteiger charge is -2.26. The highest BCUT2D eigenvalue weighted by molar-refractivity contribution is 5.85. The van der Waals surface area contributed by atoms with Crippen molar-refractivity contribution in [2.45, 2.75) is 53.1 Å². The van der Waals surface area contributed by atoms with Crippen LogP contribution < -0.4 is 10.6 Å². The zero-order valence-electron chi connectivity index (χ0n) is 15.5. The standard InChI is InChI=1S/C20H30N2O2/c1-14-10-15(2)12-16(11-14)13-21-17-6-8-18(9-7-17)22-19(23)24-20(3,4)5/h6-10,14,16,21H,11-13H2,1-5H3,(H,22,23). The Labute approximate surface area is 145 Å². The van der Waals surface area contributed by atoms with Crippen LogP contribution in [0.5, 0.6) is 0 Å². The van der Waals surface area contributed by atoms with Crippen LogP contribution in [0, 0.1) is 11.8 Å². The van der Waals surface area contributed by atoms with Crippen LogP contribution in [0.4, 0.5) is 16.2 Å². The topological polar surface area (TPSA) is 50.4 Å². The quantitative estimate of drug-likeness (QED) is 0.723. The third-order valence-electron chi connectivity index (χ3n) is 4.01. The summed E-state index contributed by atoms with van der Waals surface area (Å²) < 4.78 is 5.25. The smallest absolute Gasteiger partial charge is 0.412 e. The molecule has 0 fully saturated rings. The Morgan fingerprint density at radius 3 is 2.42 bits per heavy atom. The maximum Gasteiger partial charge on any atom is 0.412 e. The van der Waals surface area contributed by atoms with Crippen molar-refractivity contribution in [3.05, 3.63) is 35.9 Å². The number of hydrogen-bond acceptors (Lipinski definition) is 3. The summed E-state index contributed by atoms with van der Waals surface area (Å²) in [5, 5.41) is 6.25. The molecule has 1 amide bonds. The molecule has 0 aliphatic heterocycles. The molecule has 2 unspecified atom stereocenters. The molecule has 2 rings (SSSR count). The van der Waals surface area contributed by atoms with E-state index in [1.807, 2.05) is 45.0 Å². The third kappa shape index (κ3) is 6.26. The second kappa shape index (κ2) is 7.73. The van der Waals surface area contributed by atoms with Gasteiger partial charge in [0.15, 0.2) is 0 Å². The van der Waals surface area contributed by atoms with Gasteiger partial charge >= 0.3 is 6.09 Å². The predicted octanol–water partition coefficient (Wildman–Crippen LogP) is 5.44. The molecular formula is C20H30N2O2. The maximum atomic E-state index is 11.8. The number of carbonyl (C=O) groups excluding carboxylic acids is 1. The highest BCUT2D eigenvalue weighted by Crippen LogP contribution is 2.28. The fourth-order valence-electron chi connectivity index (χ4n) is 3.20. The number of allylic oxidation sites excluding steroid dienone is 2. The van der Waals surface area contributed by atoms with Crippen LogP contribution in [0.3, 0.4) is 0 Å². The maximum absolute atomic E-state index is 11.8. The molecule has 1 aromatic rings. The lowest BCUT2D eigenvalue weighted by Crippen LogP contribution is -2.27. The number of benzene rings is 1. The van der Waals surface area contributed by atoms with Gasteiger partial charge in [-0.2, -0.15) is 0 Å². The van der Waals surface area contributed by atoms with Gasteiger partial charge in [-0.25, -0.2) is 4.79 Å². The van der Waals surface area contributed by atoms with Crippen LogP contribution in [-0.2, 0) is 4.74 Å². The van der Waals surface area contributed by atoms with Crippen LogP contribution >= 0.6 is 0 Å². The summed E-state index contributed by atoms with van der Waals surface area (Å²) in [6, 6.07) is 7.76. The number of amides is 1. The normalized spacial score (nSPS) is 21.0.